The Morgan fingerprint density at radius 3 is 2.83 bits per heavy atom. The van der Waals surface area contributed by atoms with E-state index >= 15 is 0 Å². The highest BCUT2D eigenvalue weighted by Gasteiger charge is 2.28. The highest BCUT2D eigenvalue weighted by Crippen LogP contribution is 2.34. The van der Waals surface area contributed by atoms with E-state index in [0.29, 0.717) is 24.5 Å². The van der Waals surface area contributed by atoms with Crippen molar-refractivity contribution in [2.45, 2.75) is 44.1 Å². The lowest BCUT2D eigenvalue weighted by molar-refractivity contribution is 0.151. The molecule has 2 aliphatic rings. The number of nitrogens with one attached hydrogen (secondary N) is 1. The van der Waals surface area contributed by atoms with Crippen LogP contribution in [0.2, 0.25) is 0 Å². The van der Waals surface area contributed by atoms with Crippen LogP contribution < -0.4 is 5.32 Å². The molecule has 1 fully saturated rings. The van der Waals surface area contributed by atoms with Crippen molar-refractivity contribution in [1.29, 1.82) is 0 Å². The number of rotatable bonds is 4. The molecule has 0 heterocycles. The number of hydrogen-bond acceptors (Lipinski definition) is 2. The van der Waals surface area contributed by atoms with Crippen molar-refractivity contribution in [3.8, 4) is 0 Å². The van der Waals surface area contributed by atoms with Crippen LogP contribution in [0, 0.1) is 5.92 Å². The lowest BCUT2D eigenvalue weighted by atomic mass is 9.77. The Labute approximate surface area is 109 Å². The summed E-state index contributed by atoms with van der Waals surface area (Å²) < 4.78 is 0. The third-order valence-corrected chi connectivity index (χ3v) is 4.73. The Bertz CT molecular complexity index is 404. The summed E-state index contributed by atoms with van der Waals surface area (Å²) in [5, 5.41) is 13.1. The molecule has 0 radical (unpaired) electrons. The van der Waals surface area contributed by atoms with Gasteiger partial charge in [-0.25, -0.2) is 0 Å². The van der Waals surface area contributed by atoms with E-state index in [1.165, 1.54) is 43.2 Å². The Kier molecular flexibility index (Phi) is 3.67. The Morgan fingerprint density at radius 1 is 1.17 bits per heavy atom. The Balaban J connectivity index is 1.53. The largest absolute Gasteiger partial charge is 0.396 e. The summed E-state index contributed by atoms with van der Waals surface area (Å²) in [4.78, 5) is 0. The van der Waals surface area contributed by atoms with Crippen molar-refractivity contribution in [2.24, 2.45) is 5.92 Å². The van der Waals surface area contributed by atoms with Crippen molar-refractivity contribution in [3.05, 3.63) is 35.4 Å². The van der Waals surface area contributed by atoms with Gasteiger partial charge in [-0.15, -0.1) is 0 Å². The second-order valence-electron chi connectivity index (χ2n) is 5.84. The van der Waals surface area contributed by atoms with E-state index in [1.807, 2.05) is 0 Å². The smallest absolute Gasteiger partial charge is 0.0474 e. The number of aliphatic hydroxyl groups excluding tert-OH is 1. The van der Waals surface area contributed by atoms with Gasteiger partial charge in [-0.2, -0.15) is 0 Å². The number of aliphatic hydroxyl groups is 1. The van der Waals surface area contributed by atoms with Crippen LogP contribution >= 0.6 is 0 Å². The van der Waals surface area contributed by atoms with Crippen molar-refractivity contribution in [2.75, 3.05) is 13.2 Å². The first-order valence-electron chi connectivity index (χ1n) is 7.30. The van der Waals surface area contributed by atoms with Crippen LogP contribution in [0.1, 0.15) is 42.7 Å². The number of hydrogen-bond donors (Lipinski definition) is 2. The number of benzene rings is 1. The molecule has 0 spiro atoms. The predicted molar refractivity (Wildman–Crippen MR) is 73.7 cm³/mol. The monoisotopic (exact) mass is 245 g/mol. The van der Waals surface area contributed by atoms with E-state index in [-0.39, 0.29) is 0 Å². The van der Waals surface area contributed by atoms with E-state index in [1.54, 1.807) is 0 Å². The fraction of sp³-hybridized carbons (Fsp3) is 0.625. The topological polar surface area (TPSA) is 32.3 Å². The molecule has 2 aliphatic carbocycles. The summed E-state index contributed by atoms with van der Waals surface area (Å²) in [5.41, 5.74) is 3.05. The summed E-state index contributed by atoms with van der Waals surface area (Å²) in [6.45, 7) is 1.43. The zero-order valence-electron chi connectivity index (χ0n) is 10.9. The molecule has 3 atom stereocenters. The molecule has 3 unspecified atom stereocenters. The SMILES string of the molecule is OCC1CCCCC1NCC1Cc2ccccc21. The van der Waals surface area contributed by atoms with E-state index in [0.717, 1.165) is 6.54 Å². The minimum Gasteiger partial charge on any atom is -0.396 e. The summed E-state index contributed by atoms with van der Waals surface area (Å²) in [7, 11) is 0. The molecule has 0 saturated heterocycles. The zero-order chi connectivity index (χ0) is 12.4. The van der Waals surface area contributed by atoms with Gasteiger partial charge >= 0.3 is 0 Å². The Hall–Kier alpha value is -0.860. The molecule has 0 bridgehead atoms. The Morgan fingerprint density at radius 2 is 2.00 bits per heavy atom. The van der Waals surface area contributed by atoms with Crippen LogP contribution in [0.4, 0.5) is 0 Å². The van der Waals surface area contributed by atoms with Crippen molar-refractivity contribution >= 4 is 0 Å². The van der Waals surface area contributed by atoms with E-state index < -0.39 is 0 Å². The summed E-state index contributed by atoms with van der Waals surface area (Å²) in [6.07, 6.45) is 6.25. The highest BCUT2D eigenvalue weighted by molar-refractivity contribution is 5.40. The molecular weight excluding hydrogens is 222 g/mol. The average molecular weight is 245 g/mol. The minimum absolute atomic E-state index is 0.346. The number of fused-ring (bicyclic) bond motifs is 1. The van der Waals surface area contributed by atoms with Gasteiger partial charge in [0.05, 0.1) is 0 Å². The van der Waals surface area contributed by atoms with E-state index in [9.17, 15) is 5.11 Å². The van der Waals surface area contributed by atoms with Gasteiger partial charge in [-0.05, 0) is 36.3 Å². The molecule has 1 saturated carbocycles. The van der Waals surface area contributed by atoms with Crippen LogP contribution in [0.25, 0.3) is 0 Å². The first kappa shape index (κ1) is 12.2. The molecule has 1 aromatic rings. The first-order chi connectivity index (χ1) is 8.88. The van der Waals surface area contributed by atoms with Crippen molar-refractivity contribution in [1.82, 2.24) is 5.32 Å². The zero-order valence-corrected chi connectivity index (χ0v) is 10.9. The molecule has 0 aromatic heterocycles. The molecule has 3 rings (SSSR count). The fourth-order valence-electron chi connectivity index (χ4n) is 3.53. The third kappa shape index (κ3) is 2.32. The van der Waals surface area contributed by atoms with Crippen LogP contribution in [-0.4, -0.2) is 24.3 Å². The molecule has 2 heteroatoms. The van der Waals surface area contributed by atoms with Gasteiger partial charge in [0.2, 0.25) is 0 Å². The fourth-order valence-corrected chi connectivity index (χ4v) is 3.53. The molecule has 98 valence electrons. The van der Waals surface area contributed by atoms with Gasteiger partial charge in [0.1, 0.15) is 0 Å². The van der Waals surface area contributed by atoms with Crippen LogP contribution in [0.15, 0.2) is 24.3 Å². The van der Waals surface area contributed by atoms with Gasteiger partial charge in [-0.1, -0.05) is 37.1 Å². The van der Waals surface area contributed by atoms with Crippen molar-refractivity contribution < 1.29 is 5.11 Å². The standard InChI is InChI=1S/C16H23NO/c18-11-13-6-2-4-8-16(13)17-10-14-9-12-5-1-3-7-15(12)14/h1,3,5,7,13-14,16-18H,2,4,6,8-11H2. The maximum absolute atomic E-state index is 9.42. The molecule has 0 aliphatic heterocycles. The van der Waals surface area contributed by atoms with Crippen LogP contribution in [-0.2, 0) is 6.42 Å². The second kappa shape index (κ2) is 5.41. The highest BCUT2D eigenvalue weighted by atomic mass is 16.3. The lowest BCUT2D eigenvalue weighted by Gasteiger charge is -2.35. The average Bonchev–Trinajstić information content (AvgIpc) is 2.40. The van der Waals surface area contributed by atoms with Gasteiger partial charge in [-0.3, -0.25) is 0 Å². The summed E-state index contributed by atoms with van der Waals surface area (Å²) in [5.74, 6) is 1.18. The predicted octanol–water partition coefficient (Wildman–Crippen LogP) is 2.47. The molecule has 18 heavy (non-hydrogen) atoms. The quantitative estimate of drug-likeness (QED) is 0.854. The molecule has 2 N–H and O–H groups in total. The summed E-state index contributed by atoms with van der Waals surface area (Å²) >= 11 is 0. The first-order valence-corrected chi connectivity index (χ1v) is 7.30. The maximum Gasteiger partial charge on any atom is 0.0474 e. The van der Waals surface area contributed by atoms with Crippen LogP contribution in [0.5, 0.6) is 0 Å². The van der Waals surface area contributed by atoms with Gasteiger partial charge in [0, 0.05) is 25.1 Å². The maximum atomic E-state index is 9.42. The lowest BCUT2D eigenvalue weighted by Crippen LogP contribution is -2.43. The van der Waals surface area contributed by atoms with Gasteiger partial charge < -0.3 is 10.4 Å². The normalized spacial score (nSPS) is 30.6. The van der Waals surface area contributed by atoms with Crippen molar-refractivity contribution in [3.63, 3.8) is 0 Å². The van der Waals surface area contributed by atoms with Gasteiger partial charge in [0.15, 0.2) is 0 Å². The van der Waals surface area contributed by atoms with Gasteiger partial charge in [0.25, 0.3) is 0 Å². The molecule has 2 nitrogen and oxygen atoms in total. The third-order valence-electron chi connectivity index (χ3n) is 4.73. The van der Waals surface area contributed by atoms with E-state index in [2.05, 4.69) is 29.6 Å². The minimum atomic E-state index is 0.346. The molecular formula is C16H23NO. The summed E-state index contributed by atoms with van der Waals surface area (Å²) in [6, 6.07) is 9.31. The molecule has 0 amide bonds. The second-order valence-corrected chi connectivity index (χ2v) is 5.84. The van der Waals surface area contributed by atoms with E-state index in [4.69, 9.17) is 0 Å². The van der Waals surface area contributed by atoms with Crippen LogP contribution in [0.3, 0.4) is 0 Å². The molecule has 1 aromatic carbocycles.